The second kappa shape index (κ2) is 12.0. The average molecular weight is 551 g/mol. The van der Waals surface area contributed by atoms with E-state index in [0.717, 1.165) is 10.4 Å². The number of hydrogen-bond acceptors (Lipinski definition) is 7. The first-order valence-electron chi connectivity index (χ1n) is 11.3. The minimum Gasteiger partial charge on any atom is -0.481 e. The van der Waals surface area contributed by atoms with Gasteiger partial charge >= 0.3 is 12.1 Å². The molecule has 0 unspecified atom stereocenters. The summed E-state index contributed by atoms with van der Waals surface area (Å²) in [6.45, 7) is 5.64. The van der Waals surface area contributed by atoms with Crippen molar-refractivity contribution in [2.75, 3.05) is 11.9 Å². The molecule has 0 spiro atoms. The van der Waals surface area contributed by atoms with Crippen LogP contribution >= 0.6 is 35.3 Å². The van der Waals surface area contributed by atoms with Crippen LogP contribution in [0.15, 0.2) is 34.6 Å². The molecule has 0 saturated carbocycles. The summed E-state index contributed by atoms with van der Waals surface area (Å²) in [4.78, 5) is 38.2. The number of nitrogens with zero attached hydrogens (tertiary/aromatic N) is 1. The van der Waals surface area contributed by atoms with Gasteiger partial charge in [0.25, 0.3) is 5.91 Å². The lowest BCUT2D eigenvalue weighted by atomic mass is 10.1. The maximum Gasteiger partial charge on any atom is 0.412 e. The molecule has 0 aliphatic carbocycles. The molecule has 11 heteroatoms. The SMILES string of the molecule is CC(C)(C)OC(=O)Nc1ccc(-c2csc(/C=C3\SC(=S)N(CCCCCC(=O)O)C3=O)c2)cc1F. The van der Waals surface area contributed by atoms with E-state index in [9.17, 15) is 18.8 Å². The summed E-state index contributed by atoms with van der Waals surface area (Å²) in [5, 5.41) is 13.0. The number of halogens is 1. The lowest BCUT2D eigenvalue weighted by Crippen LogP contribution is -2.29. The normalized spacial score (nSPS) is 15.0. The number of unbranched alkanes of at least 4 members (excludes halogenated alkanes) is 2. The molecule has 2 N–H and O–H groups in total. The van der Waals surface area contributed by atoms with Crippen LogP contribution in [-0.2, 0) is 14.3 Å². The smallest absolute Gasteiger partial charge is 0.412 e. The van der Waals surface area contributed by atoms with Crippen LogP contribution in [0.5, 0.6) is 0 Å². The number of thiocarbonyl (C=S) groups is 1. The zero-order valence-corrected chi connectivity index (χ0v) is 22.6. The highest BCUT2D eigenvalue weighted by Crippen LogP contribution is 2.35. The fourth-order valence-corrected chi connectivity index (χ4v) is 5.56. The van der Waals surface area contributed by atoms with Gasteiger partial charge in [0.1, 0.15) is 15.7 Å². The van der Waals surface area contributed by atoms with Gasteiger partial charge in [0, 0.05) is 17.8 Å². The van der Waals surface area contributed by atoms with E-state index in [2.05, 4.69) is 5.32 Å². The van der Waals surface area contributed by atoms with Gasteiger partial charge in [0.05, 0.1) is 10.6 Å². The van der Waals surface area contributed by atoms with Gasteiger partial charge in [-0.1, -0.05) is 36.5 Å². The molecular weight excluding hydrogens is 523 g/mol. The molecule has 2 aromatic rings. The van der Waals surface area contributed by atoms with Crippen molar-refractivity contribution in [2.24, 2.45) is 0 Å². The second-order valence-electron chi connectivity index (χ2n) is 9.10. The fourth-order valence-electron chi connectivity index (χ4n) is 3.33. The summed E-state index contributed by atoms with van der Waals surface area (Å²) < 4.78 is 20.3. The van der Waals surface area contributed by atoms with Gasteiger partial charge < -0.3 is 9.84 Å². The molecule has 1 saturated heterocycles. The molecule has 7 nitrogen and oxygen atoms in total. The lowest BCUT2D eigenvalue weighted by molar-refractivity contribution is -0.137. The topological polar surface area (TPSA) is 95.9 Å². The standard InChI is InChI=1S/C25H27FN2O5S3/c1-25(2,3)33-23(32)27-19-9-8-15(12-18(19)26)16-11-17(35-14-16)13-20-22(31)28(24(34)36-20)10-6-4-5-7-21(29)30/h8-9,11-14H,4-7,10H2,1-3H3,(H,27,32)(H,29,30)/b20-13-. The first kappa shape index (κ1) is 27.8. The van der Waals surface area contributed by atoms with Gasteiger partial charge in [0.15, 0.2) is 0 Å². The number of ether oxygens (including phenoxy) is 1. The van der Waals surface area contributed by atoms with Gasteiger partial charge in [-0.2, -0.15) is 0 Å². The van der Waals surface area contributed by atoms with Crippen molar-refractivity contribution in [3.63, 3.8) is 0 Å². The molecule has 1 aromatic heterocycles. The minimum atomic E-state index is -0.824. The zero-order chi connectivity index (χ0) is 26.5. The number of carbonyl (C=O) groups excluding carboxylic acids is 2. The van der Waals surface area contributed by atoms with Crippen molar-refractivity contribution in [1.29, 1.82) is 0 Å². The van der Waals surface area contributed by atoms with Crippen LogP contribution in [0.4, 0.5) is 14.9 Å². The minimum absolute atomic E-state index is 0.0232. The number of nitrogens with one attached hydrogen (secondary N) is 1. The third-order valence-corrected chi connectivity index (χ3v) is 7.23. The largest absolute Gasteiger partial charge is 0.481 e. The van der Waals surface area contributed by atoms with Gasteiger partial charge in [-0.15, -0.1) is 11.3 Å². The summed E-state index contributed by atoms with van der Waals surface area (Å²) in [6.07, 6.45) is 3.11. The third kappa shape index (κ3) is 7.87. The van der Waals surface area contributed by atoms with Gasteiger partial charge in [-0.25, -0.2) is 9.18 Å². The molecule has 1 aromatic carbocycles. The van der Waals surface area contributed by atoms with Crippen molar-refractivity contribution in [3.05, 3.63) is 45.2 Å². The predicted octanol–water partition coefficient (Wildman–Crippen LogP) is 6.75. The number of carboxylic acids is 1. The maximum atomic E-state index is 14.6. The van der Waals surface area contributed by atoms with E-state index in [1.165, 1.54) is 35.2 Å². The first-order valence-corrected chi connectivity index (χ1v) is 13.4. The van der Waals surface area contributed by atoms with Crippen LogP contribution < -0.4 is 5.32 Å². The number of benzene rings is 1. The maximum absolute atomic E-state index is 14.6. The Bertz CT molecular complexity index is 1200. The van der Waals surface area contributed by atoms with E-state index >= 15 is 0 Å². The van der Waals surface area contributed by atoms with Crippen LogP contribution in [0.1, 0.15) is 51.3 Å². The number of aliphatic carboxylic acids is 1. The van der Waals surface area contributed by atoms with Crippen molar-refractivity contribution in [3.8, 4) is 11.1 Å². The number of thiophene rings is 1. The molecule has 0 radical (unpaired) electrons. The Labute approximate surface area is 222 Å². The Morgan fingerprint density at radius 3 is 2.61 bits per heavy atom. The summed E-state index contributed by atoms with van der Waals surface area (Å²) in [6, 6.07) is 6.38. The van der Waals surface area contributed by atoms with E-state index in [1.54, 1.807) is 37.8 Å². The molecule has 2 heterocycles. The Morgan fingerprint density at radius 2 is 1.94 bits per heavy atom. The van der Waals surface area contributed by atoms with Crippen LogP contribution in [0.3, 0.4) is 0 Å². The Hall–Kier alpha value is -2.76. The molecule has 1 aliphatic heterocycles. The quantitative estimate of drug-likeness (QED) is 0.203. The lowest BCUT2D eigenvalue weighted by Gasteiger charge is -2.19. The highest BCUT2D eigenvalue weighted by molar-refractivity contribution is 8.26. The van der Waals surface area contributed by atoms with Gasteiger partial charge in [-0.05, 0) is 74.4 Å². The number of carbonyl (C=O) groups is 3. The second-order valence-corrected chi connectivity index (χ2v) is 11.7. The Balaban J connectivity index is 1.63. The van der Waals surface area contributed by atoms with E-state index < -0.39 is 23.5 Å². The molecule has 3 rings (SSSR count). The number of amides is 2. The first-order chi connectivity index (χ1) is 16.9. The number of hydrogen-bond donors (Lipinski definition) is 2. The molecule has 0 atom stereocenters. The Kier molecular flexibility index (Phi) is 9.26. The fraction of sp³-hybridized carbons (Fsp3) is 0.360. The molecule has 2 amide bonds. The summed E-state index contributed by atoms with van der Waals surface area (Å²) in [5.41, 5.74) is 0.745. The summed E-state index contributed by atoms with van der Waals surface area (Å²) in [5.74, 6) is -1.58. The summed E-state index contributed by atoms with van der Waals surface area (Å²) >= 11 is 8.01. The average Bonchev–Trinajstić information content (AvgIpc) is 3.33. The molecular formula is C25H27FN2O5S3. The molecule has 0 bridgehead atoms. The van der Waals surface area contributed by atoms with Crippen LogP contribution in [0, 0.1) is 5.82 Å². The molecule has 36 heavy (non-hydrogen) atoms. The van der Waals surface area contributed by atoms with E-state index in [4.69, 9.17) is 22.1 Å². The van der Waals surface area contributed by atoms with Crippen molar-refractivity contribution in [1.82, 2.24) is 4.90 Å². The number of anilines is 1. The van der Waals surface area contributed by atoms with Crippen LogP contribution in [0.2, 0.25) is 0 Å². The van der Waals surface area contributed by atoms with Gasteiger partial charge in [-0.3, -0.25) is 19.8 Å². The highest BCUT2D eigenvalue weighted by Gasteiger charge is 2.31. The number of thioether (sulfide) groups is 1. The zero-order valence-electron chi connectivity index (χ0n) is 20.1. The third-order valence-electron chi connectivity index (χ3n) is 4.98. The predicted molar refractivity (Wildman–Crippen MR) is 146 cm³/mol. The van der Waals surface area contributed by atoms with Crippen molar-refractivity contribution >= 4 is 69.4 Å². The Morgan fingerprint density at radius 1 is 1.19 bits per heavy atom. The van der Waals surface area contributed by atoms with Gasteiger partial charge in [0.2, 0.25) is 0 Å². The molecule has 1 fully saturated rings. The highest BCUT2D eigenvalue weighted by atomic mass is 32.2. The number of rotatable bonds is 9. The molecule has 1 aliphatic rings. The monoisotopic (exact) mass is 550 g/mol. The van der Waals surface area contributed by atoms with E-state index in [1.807, 2.05) is 11.4 Å². The number of carboxylic acid groups (broad SMARTS) is 1. The summed E-state index contributed by atoms with van der Waals surface area (Å²) in [7, 11) is 0. The van der Waals surface area contributed by atoms with Crippen molar-refractivity contribution in [2.45, 2.75) is 52.1 Å². The van der Waals surface area contributed by atoms with E-state index in [-0.39, 0.29) is 18.0 Å². The van der Waals surface area contributed by atoms with Crippen molar-refractivity contribution < 1.29 is 28.6 Å². The van der Waals surface area contributed by atoms with Crippen LogP contribution in [0.25, 0.3) is 17.2 Å². The van der Waals surface area contributed by atoms with Crippen LogP contribution in [-0.4, -0.2) is 44.4 Å². The molecule has 192 valence electrons. The van der Waals surface area contributed by atoms with E-state index in [0.29, 0.717) is 40.6 Å².